The minimum atomic E-state index is -0.0965. The van der Waals surface area contributed by atoms with Gasteiger partial charge in [-0.15, -0.1) is 0 Å². The van der Waals surface area contributed by atoms with Crippen molar-refractivity contribution in [2.24, 2.45) is 0 Å². The predicted molar refractivity (Wildman–Crippen MR) is 52.9 cm³/mol. The number of hydrogen-bond acceptors (Lipinski definition) is 6. The maximum Gasteiger partial charge on any atom is 0.198 e. The second kappa shape index (κ2) is 3.08. The van der Waals surface area contributed by atoms with Crippen molar-refractivity contribution in [1.82, 2.24) is 15.5 Å². The molecule has 2 aromatic rings. The molecule has 0 fully saturated rings. The van der Waals surface area contributed by atoms with Gasteiger partial charge in [0.05, 0.1) is 0 Å². The summed E-state index contributed by atoms with van der Waals surface area (Å²) in [7, 11) is 0. The Bertz CT molecular complexity index is 466. The minimum Gasteiger partial charge on any atom is -0.379 e. The van der Waals surface area contributed by atoms with Crippen molar-refractivity contribution in [3.8, 4) is 11.4 Å². The molecule has 0 bridgehead atoms. The summed E-state index contributed by atoms with van der Waals surface area (Å²) in [5.74, 6) is 0.217. The first-order valence-electron chi connectivity index (χ1n) is 4.53. The molecule has 0 spiro atoms. The molecule has 0 amide bonds. The van der Waals surface area contributed by atoms with Crippen molar-refractivity contribution in [1.29, 1.82) is 0 Å². The van der Waals surface area contributed by atoms with Gasteiger partial charge in [-0.05, 0) is 15.7 Å². The van der Waals surface area contributed by atoms with E-state index in [-0.39, 0.29) is 11.2 Å². The number of nitrogens with zero attached hydrogens (tertiary/aromatic N) is 3. The van der Waals surface area contributed by atoms with Crippen LogP contribution in [-0.4, -0.2) is 15.5 Å². The molecule has 0 aliphatic heterocycles. The van der Waals surface area contributed by atoms with E-state index in [4.69, 9.17) is 10.3 Å². The molecule has 0 aliphatic rings. The highest BCUT2D eigenvalue weighted by Crippen LogP contribution is 2.32. The van der Waals surface area contributed by atoms with Crippen molar-refractivity contribution >= 4 is 5.82 Å². The summed E-state index contributed by atoms with van der Waals surface area (Å²) in [6.45, 7) is 6.15. The van der Waals surface area contributed by atoms with Crippen LogP contribution in [0.25, 0.3) is 11.4 Å². The SMILES string of the molecule is CC(C)(C)c1conc1-c1nonc1N. The van der Waals surface area contributed by atoms with E-state index in [0.29, 0.717) is 11.4 Å². The van der Waals surface area contributed by atoms with Crippen molar-refractivity contribution in [3.63, 3.8) is 0 Å². The second-order valence-corrected chi connectivity index (χ2v) is 4.32. The highest BCUT2D eigenvalue weighted by Gasteiger charge is 2.25. The molecular formula is C9H12N4O2. The van der Waals surface area contributed by atoms with E-state index in [1.165, 1.54) is 0 Å². The van der Waals surface area contributed by atoms with Crippen LogP contribution in [0.3, 0.4) is 0 Å². The summed E-state index contributed by atoms with van der Waals surface area (Å²) in [5.41, 5.74) is 7.43. The lowest BCUT2D eigenvalue weighted by atomic mass is 9.87. The Morgan fingerprint density at radius 1 is 1.13 bits per heavy atom. The maximum atomic E-state index is 5.59. The molecule has 0 radical (unpaired) electrons. The smallest absolute Gasteiger partial charge is 0.198 e. The molecule has 0 saturated heterocycles. The Balaban J connectivity index is 2.56. The van der Waals surface area contributed by atoms with Crippen molar-refractivity contribution in [3.05, 3.63) is 11.8 Å². The maximum absolute atomic E-state index is 5.59. The van der Waals surface area contributed by atoms with Crippen LogP contribution in [0.5, 0.6) is 0 Å². The van der Waals surface area contributed by atoms with Gasteiger partial charge in [0.15, 0.2) is 11.5 Å². The summed E-state index contributed by atoms with van der Waals surface area (Å²) in [6.07, 6.45) is 1.59. The number of anilines is 1. The average molecular weight is 208 g/mol. The predicted octanol–water partition coefficient (Wildman–Crippen LogP) is 1.60. The van der Waals surface area contributed by atoms with Crippen LogP contribution in [0.4, 0.5) is 5.82 Å². The van der Waals surface area contributed by atoms with E-state index >= 15 is 0 Å². The fourth-order valence-electron chi connectivity index (χ4n) is 1.30. The number of nitrogen functional groups attached to an aromatic ring is 1. The van der Waals surface area contributed by atoms with Gasteiger partial charge in [-0.2, -0.15) is 0 Å². The lowest BCUT2D eigenvalue weighted by molar-refractivity contribution is 0.310. The van der Waals surface area contributed by atoms with Crippen molar-refractivity contribution in [2.45, 2.75) is 26.2 Å². The highest BCUT2D eigenvalue weighted by molar-refractivity contribution is 5.68. The third kappa shape index (κ3) is 1.58. The first-order valence-corrected chi connectivity index (χ1v) is 4.53. The molecule has 6 heteroatoms. The summed E-state index contributed by atoms with van der Waals surface area (Å²) < 4.78 is 9.47. The molecule has 0 saturated carbocycles. The molecule has 2 N–H and O–H groups in total. The monoisotopic (exact) mass is 208 g/mol. The first-order chi connectivity index (χ1) is 7.00. The Hall–Kier alpha value is -1.85. The van der Waals surface area contributed by atoms with E-state index in [0.717, 1.165) is 5.56 Å². The summed E-state index contributed by atoms with van der Waals surface area (Å²) in [5, 5.41) is 11.1. The van der Waals surface area contributed by atoms with Crippen LogP contribution in [0, 0.1) is 0 Å². The molecule has 2 aromatic heterocycles. The molecular weight excluding hydrogens is 196 g/mol. The van der Waals surface area contributed by atoms with Crippen LogP contribution in [-0.2, 0) is 5.41 Å². The van der Waals surface area contributed by atoms with Gasteiger partial charge in [0.1, 0.15) is 12.0 Å². The third-order valence-corrected chi connectivity index (χ3v) is 2.12. The molecule has 2 rings (SSSR count). The lowest BCUT2D eigenvalue weighted by Gasteiger charge is -2.16. The van der Waals surface area contributed by atoms with E-state index in [2.05, 4.69) is 20.1 Å². The minimum absolute atomic E-state index is 0.0965. The van der Waals surface area contributed by atoms with Gasteiger partial charge >= 0.3 is 0 Å². The zero-order chi connectivity index (χ0) is 11.1. The molecule has 0 unspecified atom stereocenters. The van der Waals surface area contributed by atoms with Gasteiger partial charge in [-0.1, -0.05) is 25.9 Å². The van der Waals surface area contributed by atoms with Gasteiger partial charge in [-0.3, -0.25) is 0 Å². The average Bonchev–Trinajstić information content (AvgIpc) is 2.69. The Morgan fingerprint density at radius 2 is 1.87 bits per heavy atom. The van der Waals surface area contributed by atoms with Crippen LogP contribution < -0.4 is 5.73 Å². The largest absolute Gasteiger partial charge is 0.379 e. The molecule has 0 aliphatic carbocycles. The molecule has 2 heterocycles. The van der Waals surface area contributed by atoms with Crippen LogP contribution in [0.2, 0.25) is 0 Å². The lowest BCUT2D eigenvalue weighted by Crippen LogP contribution is -2.11. The first kappa shape index (κ1) is 9.70. The summed E-state index contributed by atoms with van der Waals surface area (Å²) in [6, 6.07) is 0. The normalized spacial score (nSPS) is 11.9. The van der Waals surface area contributed by atoms with Crippen LogP contribution in [0.1, 0.15) is 26.3 Å². The number of aromatic nitrogens is 3. The highest BCUT2D eigenvalue weighted by atomic mass is 16.6. The Kier molecular flexibility index (Phi) is 1.99. The van der Waals surface area contributed by atoms with Gasteiger partial charge in [0.2, 0.25) is 0 Å². The topological polar surface area (TPSA) is 91.0 Å². The number of rotatable bonds is 1. The molecule has 6 nitrogen and oxygen atoms in total. The summed E-state index contributed by atoms with van der Waals surface area (Å²) in [4.78, 5) is 0. The van der Waals surface area contributed by atoms with Crippen LogP contribution in [0.15, 0.2) is 15.4 Å². The fraction of sp³-hybridized carbons (Fsp3) is 0.444. The van der Waals surface area contributed by atoms with Crippen LogP contribution >= 0.6 is 0 Å². The van der Waals surface area contributed by atoms with Gasteiger partial charge in [0.25, 0.3) is 0 Å². The molecule has 80 valence electrons. The second-order valence-electron chi connectivity index (χ2n) is 4.32. The van der Waals surface area contributed by atoms with Crippen molar-refractivity contribution in [2.75, 3.05) is 5.73 Å². The Labute approximate surface area is 86.4 Å². The molecule has 0 aromatic carbocycles. The Morgan fingerprint density at radius 3 is 2.40 bits per heavy atom. The van der Waals surface area contributed by atoms with Gasteiger partial charge in [0, 0.05) is 5.56 Å². The number of hydrogen-bond donors (Lipinski definition) is 1. The van der Waals surface area contributed by atoms with Gasteiger partial charge < -0.3 is 10.3 Å². The zero-order valence-electron chi connectivity index (χ0n) is 8.81. The van der Waals surface area contributed by atoms with E-state index in [1.807, 2.05) is 20.8 Å². The van der Waals surface area contributed by atoms with E-state index in [9.17, 15) is 0 Å². The van der Waals surface area contributed by atoms with E-state index < -0.39 is 0 Å². The van der Waals surface area contributed by atoms with Gasteiger partial charge in [-0.25, -0.2) is 4.63 Å². The fourth-order valence-corrected chi connectivity index (χ4v) is 1.30. The quantitative estimate of drug-likeness (QED) is 0.765. The molecule has 0 atom stereocenters. The number of nitrogens with two attached hydrogens (primary N) is 1. The zero-order valence-corrected chi connectivity index (χ0v) is 8.81. The third-order valence-electron chi connectivity index (χ3n) is 2.12. The van der Waals surface area contributed by atoms with Crippen molar-refractivity contribution < 1.29 is 9.15 Å². The molecule has 15 heavy (non-hydrogen) atoms. The summed E-state index contributed by atoms with van der Waals surface area (Å²) >= 11 is 0. The standard InChI is InChI=1S/C9H12N4O2/c1-9(2,3)5-4-14-11-6(5)7-8(10)13-15-12-7/h4H,1-3H3,(H2,10,13). The van der Waals surface area contributed by atoms with E-state index in [1.54, 1.807) is 6.26 Å².